The lowest BCUT2D eigenvalue weighted by molar-refractivity contribution is 0.244. The molecule has 1 rings (SSSR count). The summed E-state index contributed by atoms with van der Waals surface area (Å²) in [4.78, 5) is 0. The average Bonchev–Trinajstić information content (AvgIpc) is 2.60. The first kappa shape index (κ1) is 10.8. The molecule has 1 nitrogen and oxygen atoms in total. The average molecular weight is 182 g/mol. The maximum absolute atomic E-state index is 8.79. The Morgan fingerprint density at radius 1 is 1.46 bits per heavy atom. The summed E-state index contributed by atoms with van der Waals surface area (Å²) < 4.78 is 0. The molecule has 1 N–H and O–H groups in total. The summed E-state index contributed by atoms with van der Waals surface area (Å²) in [6.07, 6.45) is 2.17. The van der Waals surface area contributed by atoms with Crippen molar-refractivity contribution in [2.45, 2.75) is 33.6 Å². The van der Waals surface area contributed by atoms with E-state index in [4.69, 9.17) is 5.11 Å². The molecule has 1 aliphatic rings. The Kier molecular flexibility index (Phi) is 3.55. The molecular formula is C12H22O. The van der Waals surface area contributed by atoms with Crippen LogP contribution >= 0.6 is 0 Å². The second-order valence-corrected chi connectivity index (χ2v) is 4.72. The van der Waals surface area contributed by atoms with Crippen LogP contribution in [0.1, 0.15) is 33.6 Å². The van der Waals surface area contributed by atoms with Crippen LogP contribution in [0.5, 0.6) is 0 Å². The van der Waals surface area contributed by atoms with E-state index in [1.807, 2.05) is 0 Å². The minimum absolute atomic E-state index is 0.328. The molecule has 1 heteroatoms. The van der Waals surface area contributed by atoms with Crippen LogP contribution < -0.4 is 0 Å². The van der Waals surface area contributed by atoms with Gasteiger partial charge < -0.3 is 5.11 Å². The van der Waals surface area contributed by atoms with Crippen molar-refractivity contribution in [3.63, 3.8) is 0 Å². The second kappa shape index (κ2) is 4.28. The molecule has 13 heavy (non-hydrogen) atoms. The van der Waals surface area contributed by atoms with E-state index < -0.39 is 0 Å². The molecule has 1 aliphatic carbocycles. The Morgan fingerprint density at radius 3 is 2.38 bits per heavy atom. The van der Waals surface area contributed by atoms with Crippen LogP contribution in [0.2, 0.25) is 0 Å². The Hall–Kier alpha value is -0.300. The fourth-order valence-electron chi connectivity index (χ4n) is 2.47. The number of allylic oxidation sites excluding steroid dienone is 1. The predicted molar refractivity (Wildman–Crippen MR) is 56.4 cm³/mol. The summed E-state index contributed by atoms with van der Waals surface area (Å²) in [6, 6.07) is 0. The SMILES string of the molecule is C=C1C(C)C1C(C)CC(C)CCO. The van der Waals surface area contributed by atoms with Gasteiger partial charge in [0.2, 0.25) is 0 Å². The van der Waals surface area contributed by atoms with Crippen molar-refractivity contribution in [2.75, 3.05) is 6.61 Å². The van der Waals surface area contributed by atoms with Crippen molar-refractivity contribution in [3.8, 4) is 0 Å². The number of hydrogen-bond donors (Lipinski definition) is 1. The summed E-state index contributed by atoms with van der Waals surface area (Å²) in [6.45, 7) is 11.2. The lowest BCUT2D eigenvalue weighted by Gasteiger charge is -2.15. The third kappa shape index (κ3) is 2.57. The van der Waals surface area contributed by atoms with E-state index in [9.17, 15) is 0 Å². The fourth-order valence-corrected chi connectivity index (χ4v) is 2.47. The molecule has 1 fully saturated rings. The molecule has 4 atom stereocenters. The third-order valence-corrected chi connectivity index (χ3v) is 3.45. The molecule has 0 saturated heterocycles. The zero-order valence-corrected chi connectivity index (χ0v) is 9.09. The van der Waals surface area contributed by atoms with Gasteiger partial charge in [-0.05, 0) is 36.5 Å². The molecule has 0 heterocycles. The molecular weight excluding hydrogens is 160 g/mol. The second-order valence-electron chi connectivity index (χ2n) is 4.72. The summed E-state index contributed by atoms with van der Waals surface area (Å²) in [5.74, 6) is 2.92. The molecule has 76 valence electrons. The van der Waals surface area contributed by atoms with Gasteiger partial charge in [0.25, 0.3) is 0 Å². The third-order valence-electron chi connectivity index (χ3n) is 3.45. The molecule has 0 aromatic rings. The van der Waals surface area contributed by atoms with Gasteiger partial charge in [0, 0.05) is 6.61 Å². The van der Waals surface area contributed by atoms with E-state index in [0.29, 0.717) is 12.5 Å². The van der Waals surface area contributed by atoms with Crippen molar-refractivity contribution in [1.29, 1.82) is 0 Å². The van der Waals surface area contributed by atoms with Gasteiger partial charge in [-0.1, -0.05) is 32.9 Å². The summed E-state index contributed by atoms with van der Waals surface area (Å²) >= 11 is 0. The van der Waals surface area contributed by atoms with Gasteiger partial charge >= 0.3 is 0 Å². The van der Waals surface area contributed by atoms with Crippen LogP contribution in [-0.2, 0) is 0 Å². The van der Waals surface area contributed by atoms with Crippen molar-refractivity contribution >= 4 is 0 Å². The smallest absolute Gasteiger partial charge is 0.0433 e. The minimum atomic E-state index is 0.328. The molecule has 1 saturated carbocycles. The Labute approximate surface area is 81.9 Å². The van der Waals surface area contributed by atoms with Gasteiger partial charge in [-0.15, -0.1) is 0 Å². The molecule has 0 bridgehead atoms. The molecule has 0 spiro atoms. The number of rotatable bonds is 5. The molecule has 0 aromatic heterocycles. The minimum Gasteiger partial charge on any atom is -0.396 e. The van der Waals surface area contributed by atoms with Crippen LogP contribution in [-0.4, -0.2) is 11.7 Å². The van der Waals surface area contributed by atoms with Gasteiger partial charge in [0.05, 0.1) is 0 Å². The van der Waals surface area contributed by atoms with Crippen LogP contribution in [0.15, 0.2) is 12.2 Å². The van der Waals surface area contributed by atoms with Crippen molar-refractivity contribution in [3.05, 3.63) is 12.2 Å². The summed E-state index contributed by atoms with van der Waals surface area (Å²) in [5.41, 5.74) is 1.43. The van der Waals surface area contributed by atoms with Crippen molar-refractivity contribution in [2.24, 2.45) is 23.7 Å². The lowest BCUT2D eigenvalue weighted by atomic mass is 9.91. The first-order valence-electron chi connectivity index (χ1n) is 5.37. The maximum Gasteiger partial charge on any atom is 0.0433 e. The van der Waals surface area contributed by atoms with E-state index in [-0.39, 0.29) is 0 Å². The standard InChI is InChI=1S/C12H22O/c1-8(5-6-13)7-9(2)12-10(3)11(12)4/h8-9,11-13H,3,5-7H2,1-2,4H3. The maximum atomic E-state index is 8.79. The topological polar surface area (TPSA) is 20.2 Å². The monoisotopic (exact) mass is 182 g/mol. The van der Waals surface area contributed by atoms with E-state index in [2.05, 4.69) is 27.4 Å². The van der Waals surface area contributed by atoms with Crippen LogP contribution in [0.25, 0.3) is 0 Å². The summed E-state index contributed by atoms with van der Waals surface area (Å²) in [7, 11) is 0. The molecule has 0 radical (unpaired) electrons. The van der Waals surface area contributed by atoms with E-state index in [1.165, 1.54) is 12.0 Å². The van der Waals surface area contributed by atoms with Gasteiger partial charge in [-0.2, -0.15) is 0 Å². The van der Waals surface area contributed by atoms with Crippen LogP contribution in [0.4, 0.5) is 0 Å². The van der Waals surface area contributed by atoms with E-state index >= 15 is 0 Å². The normalized spacial score (nSPS) is 31.5. The molecule has 4 unspecified atom stereocenters. The van der Waals surface area contributed by atoms with Gasteiger partial charge in [-0.3, -0.25) is 0 Å². The van der Waals surface area contributed by atoms with Gasteiger partial charge in [0.1, 0.15) is 0 Å². The first-order valence-corrected chi connectivity index (χ1v) is 5.37. The highest BCUT2D eigenvalue weighted by atomic mass is 16.3. The summed E-state index contributed by atoms with van der Waals surface area (Å²) in [5, 5.41) is 8.79. The van der Waals surface area contributed by atoms with Gasteiger partial charge in [-0.25, -0.2) is 0 Å². The van der Waals surface area contributed by atoms with Crippen molar-refractivity contribution < 1.29 is 5.11 Å². The predicted octanol–water partition coefficient (Wildman–Crippen LogP) is 2.85. The fraction of sp³-hybridized carbons (Fsp3) is 0.833. The van der Waals surface area contributed by atoms with E-state index in [0.717, 1.165) is 24.2 Å². The molecule has 0 aromatic carbocycles. The number of aliphatic hydroxyl groups excluding tert-OH is 1. The quantitative estimate of drug-likeness (QED) is 0.648. The number of hydrogen-bond acceptors (Lipinski definition) is 1. The lowest BCUT2D eigenvalue weighted by Crippen LogP contribution is -2.07. The molecule has 0 aliphatic heterocycles. The van der Waals surface area contributed by atoms with Crippen LogP contribution in [0.3, 0.4) is 0 Å². The van der Waals surface area contributed by atoms with E-state index in [1.54, 1.807) is 0 Å². The zero-order chi connectivity index (χ0) is 10.0. The van der Waals surface area contributed by atoms with Gasteiger partial charge in [0.15, 0.2) is 0 Å². The van der Waals surface area contributed by atoms with Crippen LogP contribution in [0, 0.1) is 23.7 Å². The first-order chi connectivity index (χ1) is 6.07. The Balaban J connectivity index is 2.25. The highest BCUT2D eigenvalue weighted by Crippen LogP contribution is 2.50. The Bertz CT molecular complexity index is 186. The zero-order valence-electron chi connectivity index (χ0n) is 9.09. The highest BCUT2D eigenvalue weighted by molar-refractivity contribution is 5.25. The highest BCUT2D eigenvalue weighted by Gasteiger charge is 2.41. The molecule has 0 amide bonds. The largest absolute Gasteiger partial charge is 0.396 e. The Morgan fingerprint density at radius 2 is 2.00 bits per heavy atom. The van der Waals surface area contributed by atoms with Crippen molar-refractivity contribution in [1.82, 2.24) is 0 Å². The number of aliphatic hydroxyl groups is 1.